The van der Waals surface area contributed by atoms with Gasteiger partial charge < -0.3 is 15.4 Å². The maximum Gasteiger partial charge on any atom is 0.305 e. The van der Waals surface area contributed by atoms with Crippen molar-refractivity contribution in [3.8, 4) is 0 Å². The third kappa shape index (κ3) is 6.66. The number of rotatable bonds is 10. The molecule has 0 amide bonds. The lowest BCUT2D eigenvalue weighted by Gasteiger charge is -2.15. The van der Waals surface area contributed by atoms with Crippen LogP contribution in [0.25, 0.3) is 0 Å². The third-order valence-corrected chi connectivity index (χ3v) is 4.82. The fourth-order valence-corrected chi connectivity index (χ4v) is 3.07. The van der Waals surface area contributed by atoms with Gasteiger partial charge in [-0.15, -0.1) is 0 Å². The van der Waals surface area contributed by atoms with Crippen molar-refractivity contribution in [3.63, 3.8) is 0 Å². The third-order valence-electron chi connectivity index (χ3n) is 4.15. The predicted octanol–water partition coefficient (Wildman–Crippen LogP) is 5.28. The first kappa shape index (κ1) is 22.5. The van der Waals surface area contributed by atoms with E-state index < -0.39 is 17.5 Å². The minimum absolute atomic E-state index is 0.0778. The van der Waals surface area contributed by atoms with Gasteiger partial charge in [0.15, 0.2) is 11.6 Å². The SMILES string of the molecule is COC(=O)CCCCCNCc1ccc(F)c(F)c1Nc1ccc(I)cc1F. The molecule has 0 atom stereocenters. The highest BCUT2D eigenvalue weighted by molar-refractivity contribution is 14.1. The van der Waals surface area contributed by atoms with Crippen LogP contribution >= 0.6 is 22.6 Å². The molecule has 2 aromatic rings. The molecule has 152 valence electrons. The summed E-state index contributed by atoms with van der Waals surface area (Å²) in [5.74, 6) is -2.82. The molecule has 0 heterocycles. The normalized spacial score (nSPS) is 10.8. The Labute approximate surface area is 176 Å². The number of esters is 1. The fraction of sp³-hybridized carbons (Fsp3) is 0.350. The lowest BCUT2D eigenvalue weighted by molar-refractivity contribution is -0.140. The van der Waals surface area contributed by atoms with E-state index in [9.17, 15) is 18.0 Å². The Hall–Kier alpha value is -1.81. The fourth-order valence-electron chi connectivity index (χ4n) is 2.62. The molecule has 0 aliphatic rings. The van der Waals surface area contributed by atoms with Crippen molar-refractivity contribution in [2.45, 2.75) is 32.2 Å². The van der Waals surface area contributed by atoms with Crippen LogP contribution in [0.15, 0.2) is 30.3 Å². The summed E-state index contributed by atoms with van der Waals surface area (Å²) >= 11 is 1.97. The van der Waals surface area contributed by atoms with Crippen molar-refractivity contribution in [2.75, 3.05) is 19.0 Å². The molecule has 0 aliphatic carbocycles. The van der Waals surface area contributed by atoms with Gasteiger partial charge in [-0.2, -0.15) is 0 Å². The molecule has 0 aliphatic heterocycles. The first-order valence-electron chi connectivity index (χ1n) is 8.89. The van der Waals surface area contributed by atoms with Gasteiger partial charge in [0, 0.05) is 16.5 Å². The molecule has 0 spiro atoms. The molecule has 0 unspecified atom stereocenters. The molecule has 0 radical (unpaired) electrons. The Morgan fingerprint density at radius 3 is 2.57 bits per heavy atom. The molecular weight excluding hydrogens is 484 g/mol. The van der Waals surface area contributed by atoms with E-state index in [1.54, 1.807) is 6.07 Å². The average molecular weight is 506 g/mol. The monoisotopic (exact) mass is 506 g/mol. The van der Waals surface area contributed by atoms with Gasteiger partial charge in [0.1, 0.15) is 5.82 Å². The number of carbonyl (C=O) groups is 1. The van der Waals surface area contributed by atoms with Gasteiger partial charge in [0.2, 0.25) is 0 Å². The average Bonchev–Trinajstić information content (AvgIpc) is 2.67. The number of benzene rings is 2. The van der Waals surface area contributed by atoms with Crippen LogP contribution < -0.4 is 10.6 Å². The van der Waals surface area contributed by atoms with Crippen LogP contribution in [-0.2, 0) is 16.1 Å². The summed E-state index contributed by atoms with van der Waals surface area (Å²) in [7, 11) is 1.36. The van der Waals surface area contributed by atoms with Crippen LogP contribution in [0.4, 0.5) is 24.5 Å². The van der Waals surface area contributed by atoms with Gasteiger partial charge in [0.05, 0.1) is 18.5 Å². The Morgan fingerprint density at radius 2 is 1.86 bits per heavy atom. The van der Waals surface area contributed by atoms with Crippen molar-refractivity contribution in [1.29, 1.82) is 0 Å². The van der Waals surface area contributed by atoms with Crippen molar-refractivity contribution in [3.05, 3.63) is 56.9 Å². The van der Waals surface area contributed by atoms with Gasteiger partial charge in [-0.05, 0) is 71.8 Å². The quantitative estimate of drug-likeness (QED) is 0.262. The highest BCUT2D eigenvalue weighted by Crippen LogP contribution is 2.28. The molecule has 28 heavy (non-hydrogen) atoms. The summed E-state index contributed by atoms with van der Waals surface area (Å²) < 4.78 is 47.3. The molecule has 8 heteroatoms. The summed E-state index contributed by atoms with van der Waals surface area (Å²) in [5.41, 5.74) is 0.485. The number of anilines is 2. The van der Waals surface area contributed by atoms with Gasteiger partial charge in [-0.25, -0.2) is 13.2 Å². The van der Waals surface area contributed by atoms with Crippen LogP contribution in [0.5, 0.6) is 0 Å². The second-order valence-electron chi connectivity index (χ2n) is 6.21. The van der Waals surface area contributed by atoms with Crippen LogP contribution in [0.2, 0.25) is 0 Å². The Bertz CT molecular complexity index is 818. The summed E-state index contributed by atoms with van der Waals surface area (Å²) in [6.45, 7) is 0.944. The van der Waals surface area contributed by atoms with Crippen molar-refractivity contribution in [2.24, 2.45) is 0 Å². The zero-order valence-electron chi connectivity index (χ0n) is 15.5. The molecule has 2 rings (SSSR count). The smallest absolute Gasteiger partial charge is 0.305 e. The molecule has 2 aromatic carbocycles. The summed E-state index contributed by atoms with van der Waals surface area (Å²) in [4.78, 5) is 11.0. The zero-order valence-corrected chi connectivity index (χ0v) is 17.6. The van der Waals surface area contributed by atoms with Gasteiger partial charge in [0.25, 0.3) is 0 Å². The minimum atomic E-state index is -1.05. The van der Waals surface area contributed by atoms with Crippen LogP contribution in [0.1, 0.15) is 31.2 Å². The first-order chi connectivity index (χ1) is 13.4. The molecule has 0 saturated heterocycles. The zero-order chi connectivity index (χ0) is 20.5. The number of hydrogen-bond acceptors (Lipinski definition) is 4. The van der Waals surface area contributed by atoms with Crippen LogP contribution in [0, 0.1) is 21.0 Å². The van der Waals surface area contributed by atoms with E-state index in [4.69, 9.17) is 0 Å². The van der Waals surface area contributed by atoms with E-state index in [1.807, 2.05) is 22.6 Å². The molecule has 4 nitrogen and oxygen atoms in total. The number of unbranched alkanes of at least 4 members (excludes halogenated alkanes) is 2. The Morgan fingerprint density at radius 1 is 1.07 bits per heavy atom. The van der Waals surface area contributed by atoms with Gasteiger partial charge >= 0.3 is 5.97 Å². The predicted molar refractivity (Wildman–Crippen MR) is 111 cm³/mol. The molecule has 0 bridgehead atoms. The standard InChI is InChI=1S/C20H22F3IN2O2/c1-28-18(27)5-3-2-4-10-25-12-13-6-8-15(21)19(23)20(13)26-17-9-7-14(24)11-16(17)22/h6-9,11,25-26H,2-5,10,12H2,1H3. The first-order valence-corrected chi connectivity index (χ1v) is 9.96. The van der Waals surface area contributed by atoms with Crippen molar-refractivity contribution < 1.29 is 22.7 Å². The maximum atomic E-state index is 14.3. The summed E-state index contributed by atoms with van der Waals surface area (Å²) in [5, 5.41) is 5.83. The molecule has 0 saturated carbocycles. The van der Waals surface area contributed by atoms with Gasteiger partial charge in [-0.3, -0.25) is 4.79 Å². The summed E-state index contributed by atoms with van der Waals surface area (Å²) in [6.07, 6.45) is 2.79. The van der Waals surface area contributed by atoms with E-state index in [0.29, 0.717) is 28.6 Å². The van der Waals surface area contributed by atoms with E-state index in [1.165, 1.54) is 25.3 Å². The largest absolute Gasteiger partial charge is 0.469 e. The number of ether oxygens (including phenoxy) is 1. The van der Waals surface area contributed by atoms with Gasteiger partial charge in [-0.1, -0.05) is 12.5 Å². The van der Waals surface area contributed by atoms with E-state index in [0.717, 1.165) is 25.3 Å². The highest BCUT2D eigenvalue weighted by atomic mass is 127. The second kappa shape index (κ2) is 11.3. The van der Waals surface area contributed by atoms with Crippen molar-refractivity contribution in [1.82, 2.24) is 5.32 Å². The topological polar surface area (TPSA) is 50.4 Å². The maximum absolute atomic E-state index is 14.3. The molecule has 0 aromatic heterocycles. The number of halogens is 4. The molecule has 2 N–H and O–H groups in total. The minimum Gasteiger partial charge on any atom is -0.469 e. The lowest BCUT2D eigenvalue weighted by Crippen LogP contribution is -2.16. The molecule has 0 fully saturated rings. The van der Waals surface area contributed by atoms with E-state index in [-0.39, 0.29) is 17.3 Å². The highest BCUT2D eigenvalue weighted by Gasteiger charge is 2.15. The van der Waals surface area contributed by atoms with Crippen LogP contribution in [-0.4, -0.2) is 19.6 Å². The molecular formula is C20H22F3IN2O2. The second-order valence-corrected chi connectivity index (χ2v) is 7.45. The summed E-state index contributed by atoms with van der Waals surface area (Å²) in [6, 6.07) is 7.00. The Balaban J connectivity index is 1.95. The van der Waals surface area contributed by atoms with E-state index >= 15 is 0 Å². The van der Waals surface area contributed by atoms with Crippen molar-refractivity contribution >= 4 is 39.9 Å². The Kier molecular flexibility index (Phi) is 9.04. The van der Waals surface area contributed by atoms with Crippen LogP contribution in [0.3, 0.4) is 0 Å². The number of carbonyl (C=O) groups excluding carboxylic acids is 1. The van der Waals surface area contributed by atoms with E-state index in [2.05, 4.69) is 15.4 Å². The lowest BCUT2D eigenvalue weighted by atomic mass is 10.1. The number of methoxy groups -OCH3 is 1. The number of nitrogens with one attached hydrogen (secondary N) is 2. The number of hydrogen-bond donors (Lipinski definition) is 2.